The second kappa shape index (κ2) is 26.9. The molecule has 0 bridgehead atoms. The standard InChI is InChI=1S/C62H73Cl2FN8O10S/c1-36(38-12-14-39(15-13-38)53-37(2)67-35-84-53)68-56(77)48-33-43(74)34-73(48)58(79)54(60(3,4)5)71-49(75)22-26-81-28-30-83-31-29-82-27-25-66-55(76)40-16-19-42(20-17-40)69-57(78)52-50(44-10-9-11-46(64)51(44)65)62(61(72-52)23-7-6-8-24-61)45-21-18-41(63)32-47(45)70-59(62)80/h9-21,32,35-36,43,48,50,52,54,72,74H,6-8,22-31,33-34H2,1-5H3,(H,66,76)(H,68,77)(H,69,78)(H,70,80)(H,71,75). The van der Waals surface area contributed by atoms with Crippen molar-refractivity contribution in [2.75, 3.05) is 63.4 Å². The van der Waals surface area contributed by atoms with Crippen LogP contribution in [0.1, 0.15) is 117 Å². The number of likely N-dealkylation sites (tertiary alicyclic amines) is 1. The molecule has 1 aromatic heterocycles. The molecule has 2 saturated heterocycles. The first kappa shape index (κ1) is 62.2. The summed E-state index contributed by atoms with van der Waals surface area (Å²) in [5.41, 5.74) is 3.75. The summed E-state index contributed by atoms with van der Waals surface area (Å²) in [6, 6.07) is 20.8. The lowest BCUT2D eigenvalue weighted by Gasteiger charge is -2.47. The molecule has 7 atom stereocenters. The van der Waals surface area contributed by atoms with E-state index in [9.17, 15) is 33.9 Å². The van der Waals surface area contributed by atoms with E-state index in [2.05, 4.69) is 36.9 Å². The third kappa shape index (κ3) is 13.4. The summed E-state index contributed by atoms with van der Waals surface area (Å²) in [5.74, 6) is -4.11. The highest BCUT2D eigenvalue weighted by Gasteiger charge is 2.72. The normalized spacial score (nSPS) is 21.4. The highest BCUT2D eigenvalue weighted by atomic mass is 35.5. The lowest BCUT2D eigenvalue weighted by Crippen LogP contribution is -2.60. The number of fused-ring (bicyclic) bond motifs is 3. The number of thiazole rings is 1. The summed E-state index contributed by atoms with van der Waals surface area (Å²) < 4.78 is 33.2. The maximum Gasteiger partial charge on any atom is 0.251 e. The Labute approximate surface area is 502 Å². The van der Waals surface area contributed by atoms with Crippen LogP contribution in [0.25, 0.3) is 10.4 Å². The Hall–Kier alpha value is -6.36. The van der Waals surface area contributed by atoms with Gasteiger partial charge in [-0.2, -0.15) is 0 Å². The maximum atomic E-state index is 16.3. The number of anilines is 2. The number of aromatic nitrogens is 1. The van der Waals surface area contributed by atoms with E-state index in [1.54, 1.807) is 71.4 Å². The lowest BCUT2D eigenvalue weighted by molar-refractivity contribution is -0.144. The Bertz CT molecular complexity index is 3210. The number of carbonyl (C=O) groups excluding carboxylic acids is 6. The molecule has 0 radical (unpaired) electrons. The molecular weight excluding hydrogens is 1140 g/mol. The van der Waals surface area contributed by atoms with Crippen molar-refractivity contribution in [2.45, 2.75) is 127 Å². The molecule has 1 aliphatic carbocycles. The number of hydrogen-bond acceptors (Lipinski definition) is 13. The molecule has 4 aromatic carbocycles. The van der Waals surface area contributed by atoms with Crippen molar-refractivity contribution in [1.82, 2.24) is 31.2 Å². The number of rotatable bonds is 22. The molecule has 7 unspecified atom stereocenters. The molecule has 4 heterocycles. The van der Waals surface area contributed by atoms with Gasteiger partial charge in [0.1, 0.15) is 23.3 Å². The van der Waals surface area contributed by atoms with Gasteiger partial charge in [-0.15, -0.1) is 11.3 Å². The van der Waals surface area contributed by atoms with E-state index in [-0.39, 0.29) is 99.9 Å². The number of hydrogen-bond donors (Lipinski definition) is 7. The fourth-order valence-corrected chi connectivity index (χ4v) is 13.6. The van der Waals surface area contributed by atoms with Gasteiger partial charge in [-0.1, -0.05) is 106 Å². The molecule has 5 aromatic rings. The van der Waals surface area contributed by atoms with Gasteiger partial charge in [0, 0.05) is 59.3 Å². The molecule has 448 valence electrons. The van der Waals surface area contributed by atoms with Crippen LogP contribution in [0.15, 0.2) is 90.4 Å². The monoisotopic (exact) mass is 1210 g/mol. The summed E-state index contributed by atoms with van der Waals surface area (Å²) >= 11 is 14.4. The molecule has 22 heteroatoms. The highest BCUT2D eigenvalue weighted by molar-refractivity contribution is 7.13. The second-order valence-corrected chi connectivity index (χ2v) is 24.8. The summed E-state index contributed by atoms with van der Waals surface area (Å²) in [4.78, 5) is 90.0. The Kier molecular flexibility index (Phi) is 19.9. The van der Waals surface area contributed by atoms with Crippen LogP contribution in [-0.2, 0) is 43.6 Å². The minimum Gasteiger partial charge on any atom is -0.391 e. The van der Waals surface area contributed by atoms with E-state index < -0.39 is 70.1 Å². The van der Waals surface area contributed by atoms with Crippen LogP contribution in [0.5, 0.6) is 0 Å². The molecule has 18 nitrogen and oxygen atoms in total. The van der Waals surface area contributed by atoms with Crippen molar-refractivity contribution in [3.05, 3.63) is 134 Å². The van der Waals surface area contributed by atoms with Crippen LogP contribution in [0.4, 0.5) is 15.8 Å². The van der Waals surface area contributed by atoms with Crippen molar-refractivity contribution in [2.24, 2.45) is 5.41 Å². The first-order chi connectivity index (χ1) is 40.2. The second-order valence-electron chi connectivity index (χ2n) is 23.1. The molecule has 7 N–H and O–H groups in total. The molecule has 3 fully saturated rings. The minimum atomic E-state index is -1.38. The summed E-state index contributed by atoms with van der Waals surface area (Å²) in [5, 5.41) is 29.3. The average molecular weight is 1210 g/mol. The van der Waals surface area contributed by atoms with E-state index in [1.165, 1.54) is 11.0 Å². The number of β-amino-alcohol motifs (C(OH)–C–C–N with tert-alkyl or cyclic N) is 1. The van der Waals surface area contributed by atoms with Crippen molar-refractivity contribution in [3.8, 4) is 10.4 Å². The lowest BCUT2D eigenvalue weighted by atomic mass is 9.55. The molecular formula is C62H73Cl2FN8O10S. The van der Waals surface area contributed by atoms with Gasteiger partial charge in [0.2, 0.25) is 29.5 Å². The Morgan fingerprint density at radius 3 is 2.25 bits per heavy atom. The zero-order valence-corrected chi connectivity index (χ0v) is 50.1. The van der Waals surface area contributed by atoms with Crippen LogP contribution in [0.2, 0.25) is 10.0 Å². The van der Waals surface area contributed by atoms with Gasteiger partial charge in [0.05, 0.1) is 78.9 Å². The van der Waals surface area contributed by atoms with E-state index >= 15 is 4.39 Å². The third-order valence-corrected chi connectivity index (χ3v) is 18.0. The summed E-state index contributed by atoms with van der Waals surface area (Å²) in [7, 11) is 0. The van der Waals surface area contributed by atoms with E-state index in [4.69, 9.17) is 37.4 Å². The number of aryl methyl sites for hydroxylation is 1. The van der Waals surface area contributed by atoms with E-state index in [1.807, 2.05) is 58.9 Å². The number of benzene rings is 4. The molecule has 84 heavy (non-hydrogen) atoms. The van der Waals surface area contributed by atoms with Gasteiger partial charge in [-0.05, 0) is 96.8 Å². The van der Waals surface area contributed by atoms with Crippen LogP contribution >= 0.6 is 34.5 Å². The molecule has 1 saturated carbocycles. The molecule has 2 spiro atoms. The van der Waals surface area contributed by atoms with Crippen molar-refractivity contribution in [1.29, 1.82) is 0 Å². The summed E-state index contributed by atoms with van der Waals surface area (Å²) in [6.45, 7) is 10.7. The van der Waals surface area contributed by atoms with Gasteiger partial charge in [0.15, 0.2) is 0 Å². The van der Waals surface area contributed by atoms with Gasteiger partial charge < -0.3 is 50.8 Å². The first-order valence-corrected chi connectivity index (χ1v) is 30.2. The third-order valence-electron chi connectivity index (χ3n) is 16.5. The van der Waals surface area contributed by atoms with Crippen molar-refractivity contribution in [3.63, 3.8) is 0 Å². The first-order valence-electron chi connectivity index (χ1n) is 28.6. The number of aliphatic hydroxyl groups is 1. The Morgan fingerprint density at radius 2 is 1.57 bits per heavy atom. The van der Waals surface area contributed by atoms with E-state index in [0.717, 1.165) is 41.0 Å². The van der Waals surface area contributed by atoms with Gasteiger partial charge in [0.25, 0.3) is 5.91 Å². The zero-order valence-electron chi connectivity index (χ0n) is 47.8. The highest BCUT2D eigenvalue weighted by Crippen LogP contribution is 2.63. The number of carbonyl (C=O) groups is 6. The maximum absolute atomic E-state index is 16.3. The molecule has 3 aliphatic heterocycles. The topological polar surface area (TPSA) is 239 Å². The Balaban J connectivity index is 0.674. The van der Waals surface area contributed by atoms with Gasteiger partial charge in [-0.3, -0.25) is 34.1 Å². The van der Waals surface area contributed by atoms with Crippen molar-refractivity contribution >= 4 is 81.4 Å². The minimum absolute atomic E-state index is 0.0233. The smallest absolute Gasteiger partial charge is 0.251 e. The van der Waals surface area contributed by atoms with Crippen LogP contribution in [0.3, 0.4) is 0 Å². The Morgan fingerprint density at radius 1 is 0.881 bits per heavy atom. The number of nitrogens with zero attached hydrogens (tertiary/aromatic N) is 2. The predicted octanol–water partition coefficient (Wildman–Crippen LogP) is 8.39. The fourth-order valence-electron chi connectivity index (χ4n) is 12.4. The number of aliphatic hydroxyl groups excluding tert-OH is 1. The number of nitrogens with one attached hydrogen (secondary N) is 6. The average Bonchev–Trinajstić information content (AvgIpc) is 1.51. The van der Waals surface area contributed by atoms with Crippen LogP contribution in [-0.4, -0.2) is 133 Å². The fraction of sp³-hybridized carbons (Fsp3) is 0.468. The largest absolute Gasteiger partial charge is 0.391 e. The number of halogens is 3. The van der Waals surface area contributed by atoms with Gasteiger partial charge >= 0.3 is 0 Å². The molecule has 4 aliphatic rings. The quantitative estimate of drug-likeness (QED) is 0.0324. The van der Waals surface area contributed by atoms with Gasteiger partial charge in [-0.25, -0.2) is 9.37 Å². The van der Waals surface area contributed by atoms with Crippen LogP contribution in [0, 0.1) is 18.2 Å². The SMILES string of the molecule is Cc1ncsc1-c1ccc(C(C)NC(=O)C2CC(O)CN2C(=O)C(NC(=O)CCOCCOCCOCCNC(=O)c2ccc(NC(=O)C3NC4(CCCCC4)C4(C(=O)Nc5cc(Cl)ccc54)C3c3cccc(Cl)c3F)cc2)C(C)(C)C)cc1. The molecule has 9 rings (SSSR count). The molecule has 6 amide bonds. The van der Waals surface area contributed by atoms with E-state index in [0.29, 0.717) is 40.4 Å². The van der Waals surface area contributed by atoms with Crippen molar-refractivity contribution < 1.29 is 52.5 Å². The summed E-state index contributed by atoms with van der Waals surface area (Å²) in [6.07, 6.45) is 2.87. The predicted molar refractivity (Wildman–Crippen MR) is 319 cm³/mol. The number of amides is 6. The van der Waals surface area contributed by atoms with Crippen LogP contribution < -0.4 is 31.9 Å². The number of ether oxygens (including phenoxy) is 3. The zero-order chi connectivity index (χ0) is 59.9.